The second kappa shape index (κ2) is 6.64. The Bertz CT molecular complexity index is 314. The molecular formula is C12H16FNS. The third kappa shape index (κ3) is 4.06. The van der Waals surface area contributed by atoms with Crippen molar-refractivity contribution in [3.8, 4) is 0 Å². The van der Waals surface area contributed by atoms with Gasteiger partial charge in [-0.05, 0) is 18.7 Å². The van der Waals surface area contributed by atoms with Crippen LogP contribution in [0.5, 0.6) is 0 Å². The third-order valence-electron chi connectivity index (χ3n) is 2.01. The molecule has 1 rings (SSSR count). The number of halogens is 1. The van der Waals surface area contributed by atoms with Crippen LogP contribution in [-0.2, 0) is 0 Å². The van der Waals surface area contributed by atoms with Crippen LogP contribution in [0, 0.1) is 5.82 Å². The minimum absolute atomic E-state index is 0.151. The van der Waals surface area contributed by atoms with Gasteiger partial charge in [0.15, 0.2) is 0 Å². The van der Waals surface area contributed by atoms with Crippen molar-refractivity contribution >= 4 is 11.8 Å². The molecule has 1 aromatic carbocycles. The molecule has 0 fully saturated rings. The number of thioether (sulfide) groups is 1. The largest absolute Gasteiger partial charge is 0.310 e. The minimum Gasteiger partial charge on any atom is -0.310 e. The van der Waals surface area contributed by atoms with Crippen LogP contribution in [0.2, 0.25) is 0 Å². The standard InChI is InChI=1S/C12H16FNS/c1-3-10(14-4-2)9-15-12-8-6-5-7-11(12)13/h3,5-8,10,14H,1,4,9H2,2H3. The summed E-state index contributed by atoms with van der Waals surface area (Å²) >= 11 is 1.51. The Morgan fingerprint density at radius 3 is 2.87 bits per heavy atom. The molecule has 0 aliphatic carbocycles. The molecule has 0 saturated heterocycles. The van der Waals surface area contributed by atoms with Gasteiger partial charge in [0, 0.05) is 16.7 Å². The number of benzene rings is 1. The van der Waals surface area contributed by atoms with Gasteiger partial charge in [-0.25, -0.2) is 4.39 Å². The van der Waals surface area contributed by atoms with Crippen LogP contribution >= 0.6 is 11.8 Å². The molecule has 15 heavy (non-hydrogen) atoms. The van der Waals surface area contributed by atoms with Gasteiger partial charge in [0.25, 0.3) is 0 Å². The van der Waals surface area contributed by atoms with Crippen molar-refractivity contribution < 1.29 is 4.39 Å². The summed E-state index contributed by atoms with van der Waals surface area (Å²) in [5, 5.41) is 3.26. The van der Waals surface area contributed by atoms with Gasteiger partial charge in [-0.15, -0.1) is 18.3 Å². The van der Waals surface area contributed by atoms with Crippen LogP contribution in [-0.4, -0.2) is 18.3 Å². The monoisotopic (exact) mass is 225 g/mol. The van der Waals surface area contributed by atoms with Crippen molar-refractivity contribution in [1.29, 1.82) is 0 Å². The second-order valence-corrected chi connectivity index (χ2v) is 4.20. The first-order chi connectivity index (χ1) is 7.27. The predicted octanol–water partition coefficient (Wildman–Crippen LogP) is 3.08. The van der Waals surface area contributed by atoms with Crippen molar-refractivity contribution in [2.24, 2.45) is 0 Å². The average Bonchev–Trinajstić information content (AvgIpc) is 2.26. The maximum absolute atomic E-state index is 13.3. The fourth-order valence-electron chi connectivity index (χ4n) is 1.21. The number of rotatable bonds is 6. The summed E-state index contributed by atoms with van der Waals surface area (Å²) in [7, 11) is 0. The first-order valence-corrected chi connectivity index (χ1v) is 5.99. The van der Waals surface area contributed by atoms with E-state index in [9.17, 15) is 4.39 Å². The predicted molar refractivity (Wildman–Crippen MR) is 64.8 cm³/mol. The van der Waals surface area contributed by atoms with E-state index in [4.69, 9.17) is 0 Å². The molecule has 0 heterocycles. The molecule has 1 unspecified atom stereocenters. The molecule has 0 spiro atoms. The number of likely N-dealkylation sites (N-methyl/N-ethyl adjacent to an activating group) is 1. The Hall–Kier alpha value is -0.800. The molecule has 3 heteroatoms. The van der Waals surface area contributed by atoms with Crippen LogP contribution in [0.3, 0.4) is 0 Å². The molecule has 1 atom stereocenters. The molecule has 0 bridgehead atoms. The summed E-state index contributed by atoms with van der Waals surface area (Å²) < 4.78 is 13.3. The highest BCUT2D eigenvalue weighted by atomic mass is 32.2. The van der Waals surface area contributed by atoms with E-state index in [0.717, 1.165) is 12.3 Å². The zero-order valence-electron chi connectivity index (χ0n) is 8.87. The lowest BCUT2D eigenvalue weighted by atomic mass is 10.3. The summed E-state index contributed by atoms with van der Waals surface area (Å²) in [5.41, 5.74) is 0. The second-order valence-electron chi connectivity index (χ2n) is 3.14. The SMILES string of the molecule is C=CC(CSc1ccccc1F)NCC. The summed E-state index contributed by atoms with van der Waals surface area (Å²) in [6, 6.07) is 7.07. The summed E-state index contributed by atoms with van der Waals surface area (Å²) in [6.45, 7) is 6.69. The first-order valence-electron chi connectivity index (χ1n) is 5.01. The molecule has 1 N–H and O–H groups in total. The topological polar surface area (TPSA) is 12.0 Å². The van der Waals surface area contributed by atoms with Gasteiger partial charge in [-0.1, -0.05) is 25.1 Å². The van der Waals surface area contributed by atoms with E-state index < -0.39 is 0 Å². The molecule has 0 amide bonds. The van der Waals surface area contributed by atoms with Gasteiger partial charge < -0.3 is 5.32 Å². The smallest absolute Gasteiger partial charge is 0.136 e. The van der Waals surface area contributed by atoms with Gasteiger partial charge in [-0.2, -0.15) is 0 Å². The molecule has 0 saturated carbocycles. The lowest BCUT2D eigenvalue weighted by molar-refractivity contribution is 0.601. The highest BCUT2D eigenvalue weighted by Gasteiger charge is 2.05. The van der Waals surface area contributed by atoms with E-state index >= 15 is 0 Å². The highest BCUT2D eigenvalue weighted by Crippen LogP contribution is 2.21. The Morgan fingerprint density at radius 2 is 2.27 bits per heavy atom. The van der Waals surface area contributed by atoms with Crippen molar-refractivity contribution in [1.82, 2.24) is 5.32 Å². The molecular weight excluding hydrogens is 209 g/mol. The highest BCUT2D eigenvalue weighted by molar-refractivity contribution is 7.99. The summed E-state index contributed by atoms with van der Waals surface area (Å²) in [5.74, 6) is 0.653. The summed E-state index contributed by atoms with van der Waals surface area (Å²) in [6.07, 6.45) is 1.86. The minimum atomic E-state index is -0.151. The fraction of sp³-hybridized carbons (Fsp3) is 0.333. The van der Waals surface area contributed by atoms with E-state index in [-0.39, 0.29) is 11.9 Å². The van der Waals surface area contributed by atoms with Crippen LogP contribution in [0.4, 0.5) is 4.39 Å². The normalized spacial score (nSPS) is 12.4. The lowest BCUT2D eigenvalue weighted by Gasteiger charge is -2.12. The van der Waals surface area contributed by atoms with Crippen molar-refractivity contribution in [3.05, 3.63) is 42.7 Å². The third-order valence-corrected chi connectivity index (χ3v) is 3.17. The van der Waals surface area contributed by atoms with Gasteiger partial charge >= 0.3 is 0 Å². The van der Waals surface area contributed by atoms with Crippen LogP contribution < -0.4 is 5.32 Å². The lowest BCUT2D eigenvalue weighted by Crippen LogP contribution is -2.28. The van der Waals surface area contributed by atoms with E-state index in [1.807, 2.05) is 19.1 Å². The zero-order valence-corrected chi connectivity index (χ0v) is 9.69. The van der Waals surface area contributed by atoms with Gasteiger partial charge in [-0.3, -0.25) is 0 Å². The van der Waals surface area contributed by atoms with Gasteiger partial charge in [0.1, 0.15) is 5.82 Å². The van der Waals surface area contributed by atoms with E-state index in [1.54, 1.807) is 12.1 Å². The number of hydrogen-bond donors (Lipinski definition) is 1. The maximum atomic E-state index is 13.3. The fourth-order valence-corrected chi connectivity index (χ4v) is 2.21. The Kier molecular flexibility index (Phi) is 5.43. The average molecular weight is 225 g/mol. The van der Waals surface area contributed by atoms with Gasteiger partial charge in [0.2, 0.25) is 0 Å². The van der Waals surface area contributed by atoms with Crippen molar-refractivity contribution in [2.75, 3.05) is 12.3 Å². The quantitative estimate of drug-likeness (QED) is 0.590. The Labute approximate surface area is 94.8 Å². The Morgan fingerprint density at radius 1 is 1.53 bits per heavy atom. The van der Waals surface area contributed by atoms with Crippen molar-refractivity contribution in [2.45, 2.75) is 17.9 Å². The van der Waals surface area contributed by atoms with Crippen LogP contribution in [0.25, 0.3) is 0 Å². The molecule has 0 radical (unpaired) electrons. The molecule has 82 valence electrons. The zero-order chi connectivity index (χ0) is 11.1. The molecule has 1 nitrogen and oxygen atoms in total. The van der Waals surface area contributed by atoms with E-state index in [1.165, 1.54) is 17.8 Å². The first kappa shape index (κ1) is 12.3. The number of nitrogens with one attached hydrogen (secondary N) is 1. The maximum Gasteiger partial charge on any atom is 0.136 e. The number of hydrogen-bond acceptors (Lipinski definition) is 2. The van der Waals surface area contributed by atoms with Crippen LogP contribution in [0.15, 0.2) is 41.8 Å². The van der Waals surface area contributed by atoms with Gasteiger partial charge in [0.05, 0.1) is 0 Å². The molecule has 1 aromatic rings. The van der Waals surface area contributed by atoms with Crippen molar-refractivity contribution in [3.63, 3.8) is 0 Å². The molecule has 0 aliphatic rings. The summed E-state index contributed by atoms with van der Waals surface area (Å²) in [4.78, 5) is 0.697. The van der Waals surface area contributed by atoms with E-state index in [2.05, 4.69) is 11.9 Å². The van der Waals surface area contributed by atoms with E-state index in [0.29, 0.717) is 4.90 Å². The van der Waals surface area contributed by atoms with Crippen LogP contribution in [0.1, 0.15) is 6.92 Å². The Balaban J connectivity index is 2.48. The molecule has 0 aromatic heterocycles. The molecule has 0 aliphatic heterocycles.